The SMILES string of the molecule is Nc1nc(CC(=O)c2cccc3ncccc23)cs1. The van der Waals surface area contributed by atoms with Crippen molar-refractivity contribution in [2.75, 3.05) is 5.73 Å². The fourth-order valence-electron chi connectivity index (χ4n) is 2.01. The molecule has 94 valence electrons. The van der Waals surface area contributed by atoms with Crippen LogP contribution in [0, 0.1) is 0 Å². The number of fused-ring (bicyclic) bond motifs is 1. The van der Waals surface area contributed by atoms with Crippen LogP contribution in [0.25, 0.3) is 10.9 Å². The first-order valence-electron chi connectivity index (χ1n) is 5.81. The number of carbonyl (C=O) groups is 1. The summed E-state index contributed by atoms with van der Waals surface area (Å²) in [5.74, 6) is 0.0314. The molecule has 0 amide bonds. The second-order valence-corrected chi connectivity index (χ2v) is 5.04. The molecule has 0 spiro atoms. The molecule has 3 aromatic rings. The van der Waals surface area contributed by atoms with E-state index in [1.54, 1.807) is 6.20 Å². The van der Waals surface area contributed by atoms with Crippen molar-refractivity contribution in [1.82, 2.24) is 9.97 Å². The Balaban J connectivity index is 1.97. The smallest absolute Gasteiger partial charge is 0.180 e. The molecular weight excluding hydrogens is 258 g/mol. The number of benzene rings is 1. The molecule has 19 heavy (non-hydrogen) atoms. The van der Waals surface area contributed by atoms with E-state index in [-0.39, 0.29) is 12.2 Å². The summed E-state index contributed by atoms with van der Waals surface area (Å²) in [5.41, 5.74) is 7.79. The Morgan fingerprint density at radius 2 is 2.16 bits per heavy atom. The molecule has 0 radical (unpaired) electrons. The molecule has 0 aliphatic rings. The molecule has 0 saturated carbocycles. The Labute approximate surface area is 113 Å². The highest BCUT2D eigenvalue weighted by Crippen LogP contribution is 2.19. The van der Waals surface area contributed by atoms with Gasteiger partial charge >= 0.3 is 0 Å². The number of aromatic nitrogens is 2. The zero-order chi connectivity index (χ0) is 13.2. The van der Waals surface area contributed by atoms with Crippen LogP contribution in [-0.2, 0) is 6.42 Å². The van der Waals surface area contributed by atoms with Gasteiger partial charge in [-0.1, -0.05) is 18.2 Å². The van der Waals surface area contributed by atoms with Gasteiger partial charge in [0, 0.05) is 22.5 Å². The van der Waals surface area contributed by atoms with Gasteiger partial charge in [-0.2, -0.15) is 0 Å². The molecule has 0 unspecified atom stereocenters. The number of hydrogen-bond acceptors (Lipinski definition) is 5. The third-order valence-corrected chi connectivity index (χ3v) is 3.58. The number of anilines is 1. The number of nitrogens with zero attached hydrogens (tertiary/aromatic N) is 2. The third kappa shape index (κ3) is 2.32. The van der Waals surface area contributed by atoms with Gasteiger partial charge in [-0.15, -0.1) is 11.3 Å². The van der Waals surface area contributed by atoms with Gasteiger partial charge in [0.1, 0.15) is 0 Å². The van der Waals surface area contributed by atoms with Crippen molar-refractivity contribution in [3.05, 3.63) is 53.2 Å². The van der Waals surface area contributed by atoms with Crippen molar-refractivity contribution in [3.63, 3.8) is 0 Å². The van der Waals surface area contributed by atoms with Gasteiger partial charge in [-0.3, -0.25) is 9.78 Å². The molecule has 2 N–H and O–H groups in total. The second-order valence-electron chi connectivity index (χ2n) is 4.15. The monoisotopic (exact) mass is 269 g/mol. The van der Waals surface area contributed by atoms with E-state index < -0.39 is 0 Å². The van der Waals surface area contributed by atoms with Crippen molar-refractivity contribution in [1.29, 1.82) is 0 Å². The molecule has 0 fully saturated rings. The second kappa shape index (κ2) is 4.78. The fraction of sp³-hybridized carbons (Fsp3) is 0.0714. The number of nitrogen functional groups attached to an aromatic ring is 1. The van der Waals surface area contributed by atoms with E-state index in [2.05, 4.69) is 9.97 Å². The van der Waals surface area contributed by atoms with E-state index >= 15 is 0 Å². The summed E-state index contributed by atoms with van der Waals surface area (Å²) < 4.78 is 0. The molecule has 4 nitrogen and oxygen atoms in total. The van der Waals surface area contributed by atoms with E-state index in [0.29, 0.717) is 16.4 Å². The van der Waals surface area contributed by atoms with Crippen molar-refractivity contribution < 1.29 is 4.79 Å². The van der Waals surface area contributed by atoms with Crippen LogP contribution >= 0.6 is 11.3 Å². The summed E-state index contributed by atoms with van der Waals surface area (Å²) in [6, 6.07) is 9.30. The summed E-state index contributed by atoms with van der Waals surface area (Å²) in [5, 5.41) is 3.18. The molecular formula is C14H11N3OS. The minimum atomic E-state index is 0.0314. The van der Waals surface area contributed by atoms with Crippen molar-refractivity contribution >= 4 is 33.2 Å². The highest BCUT2D eigenvalue weighted by Gasteiger charge is 2.12. The highest BCUT2D eigenvalue weighted by atomic mass is 32.1. The molecule has 0 saturated heterocycles. The summed E-state index contributed by atoms with van der Waals surface area (Å²) in [6.07, 6.45) is 1.99. The minimum absolute atomic E-state index is 0.0314. The molecule has 2 heterocycles. The number of rotatable bonds is 3. The van der Waals surface area contributed by atoms with Gasteiger partial charge in [0.25, 0.3) is 0 Å². The zero-order valence-corrected chi connectivity index (χ0v) is 10.9. The van der Waals surface area contributed by atoms with Crippen molar-refractivity contribution in [2.45, 2.75) is 6.42 Å². The average Bonchev–Trinajstić information content (AvgIpc) is 2.83. The lowest BCUT2D eigenvalue weighted by molar-refractivity contribution is 0.0993. The number of thiazole rings is 1. The van der Waals surface area contributed by atoms with Gasteiger partial charge < -0.3 is 5.73 Å². The standard InChI is InChI=1S/C14H11N3OS/c15-14-17-9(8-19-14)7-13(18)11-3-1-5-12-10(11)4-2-6-16-12/h1-6,8H,7H2,(H2,15,17). The number of hydrogen-bond donors (Lipinski definition) is 1. The van der Waals surface area contributed by atoms with Crippen LogP contribution in [0.1, 0.15) is 16.1 Å². The molecule has 0 atom stereocenters. The first-order valence-corrected chi connectivity index (χ1v) is 6.69. The van der Waals surface area contributed by atoms with Gasteiger partial charge in [0.05, 0.1) is 17.6 Å². The molecule has 5 heteroatoms. The maximum absolute atomic E-state index is 12.3. The quantitative estimate of drug-likeness (QED) is 0.742. The maximum atomic E-state index is 12.3. The Hall–Kier alpha value is -2.27. The van der Waals surface area contributed by atoms with E-state index in [0.717, 1.165) is 10.9 Å². The lowest BCUT2D eigenvalue weighted by Gasteiger charge is -2.03. The Bertz CT molecular complexity index is 746. The summed E-state index contributed by atoms with van der Waals surface area (Å²) in [4.78, 5) is 20.7. The highest BCUT2D eigenvalue weighted by molar-refractivity contribution is 7.13. The number of carbonyl (C=O) groups excluding carboxylic acids is 1. The first-order chi connectivity index (χ1) is 9.24. The number of Topliss-reactive ketones (excluding diaryl/α,β-unsaturated/α-hetero) is 1. The van der Waals surface area contributed by atoms with Crippen LogP contribution < -0.4 is 5.73 Å². The van der Waals surface area contributed by atoms with Crippen molar-refractivity contribution in [2.24, 2.45) is 0 Å². The molecule has 0 bridgehead atoms. The zero-order valence-electron chi connectivity index (χ0n) is 10.0. The van der Waals surface area contributed by atoms with E-state index in [1.165, 1.54) is 11.3 Å². The van der Waals surface area contributed by atoms with Gasteiger partial charge in [0.2, 0.25) is 0 Å². The molecule has 0 aliphatic carbocycles. The lowest BCUT2D eigenvalue weighted by atomic mass is 10.0. The van der Waals surface area contributed by atoms with E-state index in [1.807, 2.05) is 35.7 Å². The van der Waals surface area contributed by atoms with E-state index in [9.17, 15) is 4.79 Å². The summed E-state index contributed by atoms with van der Waals surface area (Å²) in [6.45, 7) is 0. The van der Waals surface area contributed by atoms with Crippen LogP contribution in [0.2, 0.25) is 0 Å². The van der Waals surface area contributed by atoms with Crippen molar-refractivity contribution in [3.8, 4) is 0 Å². The van der Waals surface area contributed by atoms with E-state index in [4.69, 9.17) is 5.73 Å². The normalized spacial score (nSPS) is 10.7. The topological polar surface area (TPSA) is 68.9 Å². The van der Waals surface area contributed by atoms with Crippen LogP contribution in [0.15, 0.2) is 41.9 Å². The van der Waals surface area contributed by atoms with Crippen LogP contribution in [0.3, 0.4) is 0 Å². The molecule has 3 rings (SSSR count). The van der Waals surface area contributed by atoms with Gasteiger partial charge in [0.15, 0.2) is 10.9 Å². The number of pyridine rings is 1. The largest absolute Gasteiger partial charge is 0.375 e. The van der Waals surface area contributed by atoms with Crippen LogP contribution in [-0.4, -0.2) is 15.8 Å². The predicted molar refractivity (Wildman–Crippen MR) is 76.3 cm³/mol. The Morgan fingerprint density at radius 1 is 1.26 bits per heavy atom. The Morgan fingerprint density at radius 3 is 2.95 bits per heavy atom. The lowest BCUT2D eigenvalue weighted by Crippen LogP contribution is -2.05. The van der Waals surface area contributed by atoms with Gasteiger partial charge in [-0.05, 0) is 12.1 Å². The summed E-state index contributed by atoms with van der Waals surface area (Å²) in [7, 11) is 0. The average molecular weight is 269 g/mol. The molecule has 2 aromatic heterocycles. The van der Waals surface area contributed by atoms with Gasteiger partial charge in [-0.25, -0.2) is 4.98 Å². The third-order valence-electron chi connectivity index (χ3n) is 2.86. The molecule has 0 aliphatic heterocycles. The Kier molecular flexibility index (Phi) is 2.97. The van der Waals surface area contributed by atoms with Crippen LogP contribution in [0.5, 0.6) is 0 Å². The van der Waals surface area contributed by atoms with Crippen LogP contribution in [0.4, 0.5) is 5.13 Å². The first kappa shape index (κ1) is 11.8. The number of nitrogens with two attached hydrogens (primary N) is 1. The molecule has 1 aromatic carbocycles. The number of ketones is 1. The predicted octanol–water partition coefficient (Wildman–Crippen LogP) is 2.70. The minimum Gasteiger partial charge on any atom is -0.375 e. The summed E-state index contributed by atoms with van der Waals surface area (Å²) >= 11 is 1.35. The maximum Gasteiger partial charge on any atom is 0.180 e. The fourth-order valence-corrected chi connectivity index (χ4v) is 2.57.